The number of benzene rings is 4. The fraction of sp³-hybridized carbons (Fsp3) is 0.300. The lowest BCUT2D eigenvalue weighted by Gasteiger charge is -2.29. The number of hydrogen-bond acceptors (Lipinski definition) is 5. The Bertz CT molecular complexity index is 2120. The van der Waals surface area contributed by atoms with Crippen LogP contribution in [-0.4, -0.2) is 61.1 Å². The number of unbranched alkanes of at least 4 members (excludes halogenated alkanes) is 2. The second-order valence-electron chi connectivity index (χ2n) is 12.8. The predicted octanol–water partition coefficient (Wildman–Crippen LogP) is 7.68. The summed E-state index contributed by atoms with van der Waals surface area (Å²) >= 11 is 6.82. The second kappa shape index (κ2) is 16.0. The Morgan fingerprint density at radius 1 is 0.882 bits per heavy atom. The molecule has 4 aromatic carbocycles. The van der Waals surface area contributed by atoms with E-state index in [1.807, 2.05) is 48.5 Å². The number of halogens is 1. The van der Waals surface area contributed by atoms with Gasteiger partial charge >= 0.3 is 0 Å². The summed E-state index contributed by atoms with van der Waals surface area (Å²) in [5.74, 6) is -1.15. The minimum Gasteiger partial charge on any atom is -0.337 e. The van der Waals surface area contributed by atoms with Crippen molar-refractivity contribution in [3.63, 3.8) is 0 Å². The van der Waals surface area contributed by atoms with Crippen molar-refractivity contribution in [3.8, 4) is 5.69 Å². The zero-order valence-corrected chi connectivity index (χ0v) is 30.7. The van der Waals surface area contributed by atoms with Gasteiger partial charge in [0.15, 0.2) is 16.7 Å². The van der Waals surface area contributed by atoms with Crippen molar-refractivity contribution in [2.45, 2.75) is 64.3 Å². The molecular weight excluding hydrogens is 682 g/mol. The highest BCUT2D eigenvalue weighted by molar-refractivity contribution is 7.83. The van der Waals surface area contributed by atoms with E-state index in [4.69, 9.17) is 16.7 Å². The van der Waals surface area contributed by atoms with Gasteiger partial charge in [0.2, 0.25) is 0 Å². The van der Waals surface area contributed by atoms with E-state index in [-0.39, 0.29) is 33.7 Å². The number of nitrogens with zero attached hydrogens (tertiary/aromatic N) is 4. The van der Waals surface area contributed by atoms with Crippen LogP contribution >= 0.6 is 11.6 Å². The first-order chi connectivity index (χ1) is 24.7. The van der Waals surface area contributed by atoms with Gasteiger partial charge in [-0.15, -0.1) is 0 Å². The summed E-state index contributed by atoms with van der Waals surface area (Å²) in [7, 11) is -1.85. The van der Waals surface area contributed by atoms with Crippen molar-refractivity contribution in [3.05, 3.63) is 124 Å². The molecule has 264 valence electrons. The third-order valence-corrected chi connectivity index (χ3v) is 10.9. The van der Waals surface area contributed by atoms with E-state index in [1.165, 1.54) is 16.3 Å². The van der Waals surface area contributed by atoms with Crippen LogP contribution in [0.25, 0.3) is 16.5 Å². The third-order valence-electron chi connectivity index (χ3n) is 9.35. The Morgan fingerprint density at radius 3 is 2.29 bits per heavy atom. The minimum absolute atomic E-state index is 0.124. The first-order valence-corrected chi connectivity index (χ1v) is 19.0. The van der Waals surface area contributed by atoms with Crippen molar-refractivity contribution in [1.82, 2.24) is 24.3 Å². The Morgan fingerprint density at radius 2 is 1.57 bits per heavy atom. The molecule has 1 aliphatic rings. The number of carbonyl (C=O) groups is 3. The van der Waals surface area contributed by atoms with Crippen LogP contribution in [0.4, 0.5) is 0 Å². The van der Waals surface area contributed by atoms with Gasteiger partial charge in [-0.1, -0.05) is 92.9 Å². The van der Waals surface area contributed by atoms with Crippen LogP contribution in [0.5, 0.6) is 0 Å². The quantitative estimate of drug-likeness (QED) is 0.142. The van der Waals surface area contributed by atoms with Gasteiger partial charge in [0.05, 0.1) is 26.9 Å². The normalized spacial score (nSPS) is 13.1. The van der Waals surface area contributed by atoms with E-state index >= 15 is 0 Å². The van der Waals surface area contributed by atoms with Gasteiger partial charge in [-0.3, -0.25) is 19.1 Å². The fourth-order valence-electron chi connectivity index (χ4n) is 6.37. The topological polar surface area (TPSA) is 105 Å². The monoisotopic (exact) mass is 723 g/mol. The lowest BCUT2D eigenvalue weighted by Crippen LogP contribution is -2.37. The van der Waals surface area contributed by atoms with E-state index in [1.54, 1.807) is 41.0 Å². The average molecular weight is 724 g/mol. The molecule has 0 fully saturated rings. The molecule has 6 rings (SSSR count). The highest BCUT2D eigenvalue weighted by Gasteiger charge is 2.29. The summed E-state index contributed by atoms with van der Waals surface area (Å²) in [4.78, 5) is 45.8. The largest absolute Gasteiger partial charge is 0.337 e. The molecule has 1 aromatic heterocycles. The highest BCUT2D eigenvalue weighted by atomic mass is 35.5. The van der Waals surface area contributed by atoms with Crippen LogP contribution in [-0.2, 0) is 24.0 Å². The molecule has 9 nitrogen and oxygen atoms in total. The van der Waals surface area contributed by atoms with Gasteiger partial charge in [0.25, 0.3) is 17.7 Å². The molecule has 0 bridgehead atoms. The maximum absolute atomic E-state index is 14.4. The van der Waals surface area contributed by atoms with Crippen LogP contribution < -0.4 is 4.72 Å². The molecule has 2 heterocycles. The Hall–Kier alpha value is -4.80. The standard InChI is InChI=1S/C40H42ClN5O4S/c1-4-6-21-44(22-7-5-2)40(49)37-36(41)27(3)46(42-37)35-19-17-31(25-34(35)39(48)45-23-20-29-13-9-11-15-32(29)26-45)38(47)43-51(50)33-18-16-28-12-8-10-14-30(28)24-33/h8-19,24-25H,4-7,20-23,26H2,1-3H3,(H,43,47). The molecule has 0 saturated carbocycles. The predicted molar refractivity (Wildman–Crippen MR) is 202 cm³/mol. The van der Waals surface area contributed by atoms with Crippen molar-refractivity contribution < 1.29 is 18.6 Å². The fourth-order valence-corrected chi connectivity index (χ4v) is 7.40. The summed E-state index contributed by atoms with van der Waals surface area (Å²) < 4.78 is 17.4. The van der Waals surface area contributed by atoms with E-state index in [0.717, 1.165) is 42.0 Å². The maximum atomic E-state index is 14.4. The molecule has 0 aliphatic carbocycles. The van der Waals surface area contributed by atoms with Gasteiger partial charge in [-0.05, 0) is 78.4 Å². The lowest BCUT2D eigenvalue weighted by atomic mass is 9.98. The Labute approximate surface area is 306 Å². The molecule has 0 saturated heterocycles. The molecule has 1 unspecified atom stereocenters. The number of amides is 3. The molecule has 1 aliphatic heterocycles. The summed E-state index contributed by atoms with van der Waals surface area (Å²) in [5.41, 5.74) is 3.64. The van der Waals surface area contributed by atoms with Gasteiger partial charge in [-0.25, -0.2) is 8.89 Å². The molecule has 1 N–H and O–H groups in total. The van der Waals surface area contributed by atoms with Crippen molar-refractivity contribution in [2.75, 3.05) is 19.6 Å². The summed E-state index contributed by atoms with van der Waals surface area (Å²) in [6, 6.07) is 25.8. The van der Waals surface area contributed by atoms with Gasteiger partial charge in [-0.2, -0.15) is 5.10 Å². The zero-order chi connectivity index (χ0) is 36.1. The van der Waals surface area contributed by atoms with Crippen molar-refractivity contribution in [2.24, 2.45) is 0 Å². The van der Waals surface area contributed by atoms with Crippen molar-refractivity contribution >= 4 is 51.1 Å². The SMILES string of the molecule is CCCCN(CCCC)C(=O)c1nn(-c2ccc(C(=O)NS(=O)c3ccc4ccccc4c3)cc2C(=O)N2CCc3ccccc3C2)c(C)c1Cl. The van der Waals surface area contributed by atoms with Crippen LogP contribution in [0, 0.1) is 6.92 Å². The molecule has 11 heteroatoms. The van der Waals surface area contributed by atoms with E-state index in [2.05, 4.69) is 24.6 Å². The molecule has 51 heavy (non-hydrogen) atoms. The Balaban J connectivity index is 1.36. The van der Waals surface area contributed by atoms with Crippen molar-refractivity contribution in [1.29, 1.82) is 0 Å². The molecule has 5 aromatic rings. The minimum atomic E-state index is -1.85. The number of fused-ring (bicyclic) bond motifs is 2. The molecule has 3 amide bonds. The molecule has 1 atom stereocenters. The third kappa shape index (κ3) is 7.77. The zero-order valence-electron chi connectivity index (χ0n) is 29.2. The van der Waals surface area contributed by atoms with E-state index in [0.29, 0.717) is 48.9 Å². The molecule has 0 radical (unpaired) electrons. The van der Waals surface area contributed by atoms with Crippen LogP contribution in [0.15, 0.2) is 89.8 Å². The van der Waals surface area contributed by atoms with Crippen LogP contribution in [0.3, 0.4) is 0 Å². The molecular formula is C40H42ClN5O4S. The lowest BCUT2D eigenvalue weighted by molar-refractivity contribution is 0.0732. The average Bonchev–Trinajstić information content (AvgIpc) is 3.46. The van der Waals surface area contributed by atoms with Gasteiger partial charge < -0.3 is 9.80 Å². The number of carbonyl (C=O) groups excluding carboxylic acids is 3. The number of aromatic nitrogens is 2. The number of hydrogen-bond donors (Lipinski definition) is 1. The Kier molecular flexibility index (Phi) is 11.3. The van der Waals surface area contributed by atoms with Gasteiger partial charge in [0, 0.05) is 31.7 Å². The number of nitrogens with one attached hydrogen (secondary N) is 1. The highest BCUT2D eigenvalue weighted by Crippen LogP contribution is 2.29. The van der Waals surface area contributed by atoms with E-state index < -0.39 is 16.9 Å². The number of rotatable bonds is 12. The second-order valence-corrected chi connectivity index (χ2v) is 14.4. The van der Waals surface area contributed by atoms with Crippen LogP contribution in [0.2, 0.25) is 5.02 Å². The van der Waals surface area contributed by atoms with Crippen LogP contribution in [0.1, 0.15) is 87.6 Å². The summed E-state index contributed by atoms with van der Waals surface area (Å²) in [5, 5.41) is 6.82. The molecule has 0 spiro atoms. The summed E-state index contributed by atoms with van der Waals surface area (Å²) in [6.45, 7) is 8.02. The summed E-state index contributed by atoms with van der Waals surface area (Å²) in [6.07, 6.45) is 4.30. The first-order valence-electron chi connectivity index (χ1n) is 17.5. The maximum Gasteiger partial charge on any atom is 0.275 e. The first kappa shape index (κ1) is 36.0. The van der Waals surface area contributed by atoms with E-state index in [9.17, 15) is 18.6 Å². The van der Waals surface area contributed by atoms with Gasteiger partial charge in [0.1, 0.15) is 0 Å². The smallest absolute Gasteiger partial charge is 0.275 e.